The predicted octanol–water partition coefficient (Wildman–Crippen LogP) is 3.56. The molecule has 0 saturated carbocycles. The summed E-state index contributed by atoms with van der Waals surface area (Å²) in [6.45, 7) is 0.681. The van der Waals surface area contributed by atoms with Crippen LogP contribution in [-0.4, -0.2) is 11.7 Å². The molecule has 0 fully saturated rings. The van der Waals surface area contributed by atoms with Gasteiger partial charge in [0.2, 0.25) is 0 Å². The van der Waals surface area contributed by atoms with Gasteiger partial charge in [0, 0.05) is 10.9 Å². The molecule has 1 N–H and O–H groups in total. The van der Waals surface area contributed by atoms with Crippen LogP contribution in [0.1, 0.15) is 11.1 Å². The standard InChI is InChI=1S/C15H15BrO2/c16-14-6-4-12(5-7-14)8-9-18-15-3-1-2-13(10-15)11-17/h1-7,10,17H,8-9,11H2. The lowest BCUT2D eigenvalue weighted by Gasteiger charge is -2.07. The van der Waals surface area contributed by atoms with Crippen LogP contribution < -0.4 is 4.74 Å². The van der Waals surface area contributed by atoms with Gasteiger partial charge >= 0.3 is 0 Å². The summed E-state index contributed by atoms with van der Waals surface area (Å²) >= 11 is 3.41. The van der Waals surface area contributed by atoms with Gasteiger partial charge in [-0.15, -0.1) is 0 Å². The number of hydrogen-bond donors (Lipinski definition) is 1. The van der Waals surface area contributed by atoms with E-state index < -0.39 is 0 Å². The molecule has 0 atom stereocenters. The van der Waals surface area contributed by atoms with Crippen molar-refractivity contribution in [2.45, 2.75) is 13.0 Å². The first-order valence-electron chi connectivity index (χ1n) is 5.85. The van der Waals surface area contributed by atoms with E-state index in [1.54, 1.807) is 0 Å². The van der Waals surface area contributed by atoms with Gasteiger partial charge in [0.15, 0.2) is 0 Å². The zero-order valence-electron chi connectivity index (χ0n) is 9.97. The normalized spacial score (nSPS) is 10.3. The van der Waals surface area contributed by atoms with Crippen molar-refractivity contribution in [3.8, 4) is 5.75 Å². The summed E-state index contributed by atoms with van der Waals surface area (Å²) < 4.78 is 6.75. The predicted molar refractivity (Wildman–Crippen MR) is 75.7 cm³/mol. The molecule has 3 heteroatoms. The Labute approximate surface area is 115 Å². The molecule has 0 heterocycles. The molecule has 0 bridgehead atoms. The van der Waals surface area contributed by atoms with Gasteiger partial charge in [-0.05, 0) is 35.4 Å². The van der Waals surface area contributed by atoms with E-state index >= 15 is 0 Å². The van der Waals surface area contributed by atoms with E-state index in [0.29, 0.717) is 6.61 Å². The number of aliphatic hydroxyl groups is 1. The third-order valence-corrected chi connectivity index (χ3v) is 3.18. The topological polar surface area (TPSA) is 29.5 Å². The maximum atomic E-state index is 9.03. The van der Waals surface area contributed by atoms with Gasteiger partial charge in [-0.2, -0.15) is 0 Å². The van der Waals surface area contributed by atoms with Gasteiger partial charge in [0.1, 0.15) is 5.75 Å². The van der Waals surface area contributed by atoms with Crippen molar-refractivity contribution < 1.29 is 9.84 Å². The lowest BCUT2D eigenvalue weighted by atomic mass is 10.2. The molecule has 94 valence electrons. The molecule has 2 rings (SSSR count). The van der Waals surface area contributed by atoms with E-state index in [4.69, 9.17) is 9.84 Å². The summed E-state index contributed by atoms with van der Waals surface area (Å²) in [4.78, 5) is 0. The molecule has 0 saturated heterocycles. The average molecular weight is 307 g/mol. The highest BCUT2D eigenvalue weighted by atomic mass is 79.9. The Morgan fingerprint density at radius 3 is 2.50 bits per heavy atom. The monoisotopic (exact) mass is 306 g/mol. The first kappa shape index (κ1) is 13.1. The van der Waals surface area contributed by atoms with Crippen molar-refractivity contribution >= 4 is 15.9 Å². The summed E-state index contributed by atoms with van der Waals surface area (Å²) in [5, 5.41) is 9.03. The lowest BCUT2D eigenvalue weighted by Crippen LogP contribution is -2.01. The second-order valence-electron chi connectivity index (χ2n) is 4.03. The van der Waals surface area contributed by atoms with Crippen LogP contribution in [-0.2, 0) is 13.0 Å². The molecule has 2 nitrogen and oxygen atoms in total. The second-order valence-corrected chi connectivity index (χ2v) is 4.95. The van der Waals surface area contributed by atoms with Gasteiger partial charge in [-0.3, -0.25) is 0 Å². The Kier molecular flexibility index (Phi) is 4.79. The van der Waals surface area contributed by atoms with Crippen molar-refractivity contribution in [3.63, 3.8) is 0 Å². The molecule has 0 spiro atoms. The number of halogens is 1. The van der Waals surface area contributed by atoms with Crippen LogP contribution in [0.15, 0.2) is 53.0 Å². The molecule has 0 aliphatic rings. The zero-order chi connectivity index (χ0) is 12.8. The van der Waals surface area contributed by atoms with Crippen molar-refractivity contribution in [1.29, 1.82) is 0 Å². The summed E-state index contributed by atoms with van der Waals surface area (Å²) in [6.07, 6.45) is 0.872. The average Bonchev–Trinajstić information content (AvgIpc) is 2.41. The van der Waals surface area contributed by atoms with Crippen LogP contribution in [0.3, 0.4) is 0 Å². The van der Waals surface area contributed by atoms with E-state index in [1.807, 2.05) is 36.4 Å². The minimum Gasteiger partial charge on any atom is -0.493 e. The fourth-order valence-electron chi connectivity index (χ4n) is 1.67. The Bertz CT molecular complexity index is 494. The summed E-state index contributed by atoms with van der Waals surface area (Å²) in [6, 6.07) is 15.8. The van der Waals surface area contributed by atoms with E-state index in [-0.39, 0.29) is 6.61 Å². The fraction of sp³-hybridized carbons (Fsp3) is 0.200. The molecule has 2 aromatic rings. The molecule has 0 amide bonds. The number of hydrogen-bond acceptors (Lipinski definition) is 2. The van der Waals surface area contributed by atoms with Gasteiger partial charge in [-0.1, -0.05) is 40.2 Å². The molecular formula is C15H15BrO2. The van der Waals surface area contributed by atoms with E-state index in [2.05, 4.69) is 28.1 Å². The van der Waals surface area contributed by atoms with Crippen LogP contribution >= 0.6 is 15.9 Å². The first-order valence-corrected chi connectivity index (χ1v) is 6.64. The third kappa shape index (κ3) is 3.86. The van der Waals surface area contributed by atoms with E-state index in [9.17, 15) is 0 Å². The fourth-order valence-corrected chi connectivity index (χ4v) is 1.94. The van der Waals surface area contributed by atoms with Gasteiger partial charge in [-0.25, -0.2) is 0 Å². The molecule has 0 radical (unpaired) electrons. The highest BCUT2D eigenvalue weighted by Crippen LogP contribution is 2.14. The van der Waals surface area contributed by atoms with Crippen molar-refractivity contribution in [3.05, 3.63) is 64.1 Å². The van der Waals surface area contributed by atoms with Crippen LogP contribution in [0, 0.1) is 0 Å². The van der Waals surface area contributed by atoms with Crippen LogP contribution in [0.25, 0.3) is 0 Å². The number of ether oxygens (including phenoxy) is 1. The number of aliphatic hydroxyl groups excluding tert-OH is 1. The maximum absolute atomic E-state index is 9.03. The Morgan fingerprint density at radius 2 is 1.78 bits per heavy atom. The highest BCUT2D eigenvalue weighted by molar-refractivity contribution is 9.10. The lowest BCUT2D eigenvalue weighted by molar-refractivity contribution is 0.279. The Balaban J connectivity index is 1.86. The largest absolute Gasteiger partial charge is 0.493 e. The van der Waals surface area contributed by atoms with Gasteiger partial charge in [0.25, 0.3) is 0 Å². The third-order valence-electron chi connectivity index (χ3n) is 2.65. The zero-order valence-corrected chi connectivity index (χ0v) is 11.6. The molecule has 18 heavy (non-hydrogen) atoms. The highest BCUT2D eigenvalue weighted by Gasteiger charge is 1.97. The second kappa shape index (κ2) is 6.57. The first-order chi connectivity index (χ1) is 8.78. The molecule has 2 aromatic carbocycles. The van der Waals surface area contributed by atoms with Crippen molar-refractivity contribution in [2.24, 2.45) is 0 Å². The van der Waals surface area contributed by atoms with Crippen LogP contribution in [0.4, 0.5) is 0 Å². The Morgan fingerprint density at radius 1 is 1.00 bits per heavy atom. The van der Waals surface area contributed by atoms with Gasteiger partial charge in [0.05, 0.1) is 13.2 Å². The molecule has 0 unspecified atom stereocenters. The molecule has 0 aliphatic heterocycles. The quantitative estimate of drug-likeness (QED) is 0.915. The number of rotatable bonds is 5. The molecule has 0 aliphatic carbocycles. The SMILES string of the molecule is OCc1cccc(OCCc2ccc(Br)cc2)c1. The van der Waals surface area contributed by atoms with Crippen LogP contribution in [0.5, 0.6) is 5.75 Å². The maximum Gasteiger partial charge on any atom is 0.119 e. The van der Waals surface area contributed by atoms with E-state index in [1.165, 1.54) is 5.56 Å². The molecule has 0 aromatic heterocycles. The Hall–Kier alpha value is -1.32. The summed E-state index contributed by atoms with van der Waals surface area (Å²) in [7, 11) is 0. The van der Waals surface area contributed by atoms with Crippen molar-refractivity contribution in [2.75, 3.05) is 6.61 Å². The minimum atomic E-state index is 0.0455. The summed E-state index contributed by atoms with van der Waals surface area (Å²) in [5.74, 6) is 0.804. The smallest absolute Gasteiger partial charge is 0.119 e. The van der Waals surface area contributed by atoms with Gasteiger partial charge < -0.3 is 9.84 Å². The van der Waals surface area contributed by atoms with Crippen molar-refractivity contribution in [1.82, 2.24) is 0 Å². The van der Waals surface area contributed by atoms with Crippen LogP contribution in [0.2, 0.25) is 0 Å². The molecular weight excluding hydrogens is 292 g/mol. The van der Waals surface area contributed by atoms with E-state index in [0.717, 1.165) is 22.2 Å². The minimum absolute atomic E-state index is 0.0455. The number of benzene rings is 2. The summed E-state index contributed by atoms with van der Waals surface area (Å²) in [5.41, 5.74) is 2.12.